The van der Waals surface area contributed by atoms with Crippen LogP contribution in [0.3, 0.4) is 0 Å². The molecule has 1 heterocycles. The highest BCUT2D eigenvalue weighted by Crippen LogP contribution is 2.28. The summed E-state index contributed by atoms with van der Waals surface area (Å²) in [6, 6.07) is 8.88. The molecule has 0 saturated carbocycles. The average molecular weight is 357 g/mol. The number of carbonyl (C=O) groups excluding carboxylic acids is 1. The molecule has 0 fully saturated rings. The summed E-state index contributed by atoms with van der Waals surface area (Å²) in [6.07, 6.45) is 1.56. The van der Waals surface area contributed by atoms with Gasteiger partial charge in [-0.1, -0.05) is 19.9 Å². The molecule has 0 N–H and O–H groups in total. The van der Waals surface area contributed by atoms with Gasteiger partial charge < -0.3 is 9.47 Å². The Labute approximate surface area is 149 Å². The van der Waals surface area contributed by atoms with Gasteiger partial charge in [-0.25, -0.2) is 18.6 Å². The fourth-order valence-corrected chi connectivity index (χ4v) is 2.53. The molecule has 6 heteroatoms. The average Bonchev–Trinajstić information content (AvgIpc) is 2.98. The fraction of sp³-hybridized carbons (Fsp3) is 0.200. The first-order valence-corrected chi connectivity index (χ1v) is 8.05. The molecule has 134 valence electrons. The summed E-state index contributed by atoms with van der Waals surface area (Å²) in [5.74, 6) is -1.86. The van der Waals surface area contributed by atoms with Crippen LogP contribution in [-0.4, -0.2) is 19.0 Å². The molecule has 0 aromatic heterocycles. The lowest BCUT2D eigenvalue weighted by molar-refractivity contribution is -0.129. The van der Waals surface area contributed by atoms with Crippen LogP contribution in [0.25, 0.3) is 6.08 Å². The van der Waals surface area contributed by atoms with Gasteiger partial charge in [-0.3, -0.25) is 0 Å². The number of halogens is 2. The van der Waals surface area contributed by atoms with Gasteiger partial charge in [0.2, 0.25) is 5.90 Å². The van der Waals surface area contributed by atoms with Crippen molar-refractivity contribution >= 4 is 17.9 Å². The molecular formula is C20H17F2NO3. The molecule has 26 heavy (non-hydrogen) atoms. The minimum Gasteiger partial charge on any atom is -0.496 e. The number of nitrogens with zero attached hydrogens (tertiary/aromatic N) is 1. The monoisotopic (exact) mass is 357 g/mol. The highest BCUT2D eigenvalue weighted by atomic mass is 19.2. The highest BCUT2D eigenvalue weighted by molar-refractivity contribution is 6.12. The smallest absolute Gasteiger partial charge is 0.363 e. The van der Waals surface area contributed by atoms with Gasteiger partial charge in [0.05, 0.1) is 7.11 Å². The van der Waals surface area contributed by atoms with Crippen LogP contribution < -0.4 is 4.74 Å². The summed E-state index contributed by atoms with van der Waals surface area (Å²) in [5, 5.41) is 0. The van der Waals surface area contributed by atoms with Crippen molar-refractivity contribution in [2.24, 2.45) is 4.99 Å². The minimum absolute atomic E-state index is 0.0592. The van der Waals surface area contributed by atoms with E-state index in [0.717, 1.165) is 17.7 Å². The van der Waals surface area contributed by atoms with Crippen molar-refractivity contribution in [3.8, 4) is 5.75 Å². The highest BCUT2D eigenvalue weighted by Gasteiger charge is 2.25. The Kier molecular flexibility index (Phi) is 4.84. The Hall–Kier alpha value is -3.02. The van der Waals surface area contributed by atoms with Gasteiger partial charge in [-0.05, 0) is 47.9 Å². The molecule has 2 aromatic carbocycles. The number of rotatable bonds is 4. The maximum Gasteiger partial charge on any atom is 0.363 e. The Morgan fingerprint density at radius 3 is 2.54 bits per heavy atom. The van der Waals surface area contributed by atoms with E-state index in [1.807, 2.05) is 18.2 Å². The van der Waals surface area contributed by atoms with Crippen LogP contribution in [0.15, 0.2) is 47.1 Å². The minimum atomic E-state index is -1.04. The third-order valence-electron chi connectivity index (χ3n) is 4.00. The number of hydrogen-bond acceptors (Lipinski definition) is 4. The predicted octanol–water partition coefficient (Wildman–Crippen LogP) is 4.44. The number of hydrogen-bond donors (Lipinski definition) is 0. The van der Waals surface area contributed by atoms with Crippen LogP contribution in [0, 0.1) is 11.6 Å². The molecule has 4 nitrogen and oxygen atoms in total. The Morgan fingerprint density at radius 2 is 1.88 bits per heavy atom. The van der Waals surface area contributed by atoms with E-state index in [1.54, 1.807) is 6.08 Å². The van der Waals surface area contributed by atoms with Crippen molar-refractivity contribution in [3.63, 3.8) is 0 Å². The molecule has 0 bridgehead atoms. The molecule has 1 aliphatic rings. The van der Waals surface area contributed by atoms with Crippen LogP contribution in [0.4, 0.5) is 8.78 Å². The zero-order chi connectivity index (χ0) is 18.8. The number of ether oxygens (including phenoxy) is 2. The molecule has 0 amide bonds. The Morgan fingerprint density at radius 1 is 1.12 bits per heavy atom. The van der Waals surface area contributed by atoms with Crippen molar-refractivity contribution < 1.29 is 23.0 Å². The maximum atomic E-state index is 13.4. The van der Waals surface area contributed by atoms with E-state index in [0.29, 0.717) is 17.2 Å². The predicted molar refractivity (Wildman–Crippen MR) is 94.0 cm³/mol. The van der Waals surface area contributed by atoms with Crippen LogP contribution in [0.1, 0.15) is 36.5 Å². The van der Waals surface area contributed by atoms with Crippen LogP contribution in [-0.2, 0) is 9.53 Å². The summed E-state index contributed by atoms with van der Waals surface area (Å²) in [6.45, 7) is 4.11. The molecule has 2 aromatic rings. The standard InChI is InChI=1S/C20H17F2NO3/c1-11(2)12-5-7-18(25-3)14(8-12)10-17-20(24)26-19(23-17)13-4-6-15(21)16(22)9-13/h4-11H,1-3H3/b17-10-. The summed E-state index contributed by atoms with van der Waals surface area (Å²) < 4.78 is 36.9. The second-order valence-electron chi connectivity index (χ2n) is 6.12. The van der Waals surface area contributed by atoms with Gasteiger partial charge in [-0.2, -0.15) is 0 Å². The van der Waals surface area contributed by atoms with Gasteiger partial charge in [-0.15, -0.1) is 0 Å². The topological polar surface area (TPSA) is 47.9 Å². The quantitative estimate of drug-likeness (QED) is 0.600. The number of carbonyl (C=O) groups is 1. The number of esters is 1. The second-order valence-corrected chi connectivity index (χ2v) is 6.12. The molecule has 0 saturated heterocycles. The van der Waals surface area contributed by atoms with Crippen LogP contribution in [0.5, 0.6) is 5.75 Å². The summed E-state index contributed by atoms with van der Waals surface area (Å²) in [5.41, 5.74) is 2.00. The summed E-state index contributed by atoms with van der Waals surface area (Å²) in [4.78, 5) is 16.2. The number of aliphatic imine (C=N–C) groups is 1. The third-order valence-corrected chi connectivity index (χ3v) is 4.00. The van der Waals surface area contributed by atoms with E-state index < -0.39 is 17.6 Å². The van der Waals surface area contributed by atoms with E-state index >= 15 is 0 Å². The van der Waals surface area contributed by atoms with E-state index in [9.17, 15) is 13.6 Å². The zero-order valence-corrected chi connectivity index (χ0v) is 14.5. The third kappa shape index (κ3) is 3.49. The largest absolute Gasteiger partial charge is 0.496 e. The second kappa shape index (κ2) is 7.07. The lowest BCUT2D eigenvalue weighted by Crippen LogP contribution is -2.06. The first-order valence-electron chi connectivity index (χ1n) is 8.05. The zero-order valence-electron chi connectivity index (χ0n) is 14.5. The van der Waals surface area contributed by atoms with Crippen molar-refractivity contribution in [2.75, 3.05) is 7.11 Å². The van der Waals surface area contributed by atoms with Crippen molar-refractivity contribution in [3.05, 3.63) is 70.4 Å². The van der Waals surface area contributed by atoms with E-state index in [-0.39, 0.29) is 17.2 Å². The van der Waals surface area contributed by atoms with Gasteiger partial charge >= 0.3 is 5.97 Å². The Bertz CT molecular complexity index is 933. The first kappa shape index (κ1) is 17.8. The molecule has 0 aliphatic carbocycles. The number of cyclic esters (lactones) is 1. The SMILES string of the molecule is COc1ccc(C(C)C)cc1/C=C1\N=C(c2ccc(F)c(F)c2)OC1=O. The molecule has 0 unspecified atom stereocenters. The summed E-state index contributed by atoms with van der Waals surface area (Å²) >= 11 is 0. The lowest BCUT2D eigenvalue weighted by atomic mass is 10.00. The van der Waals surface area contributed by atoms with Crippen molar-refractivity contribution in [1.29, 1.82) is 0 Å². The van der Waals surface area contributed by atoms with Crippen LogP contribution in [0.2, 0.25) is 0 Å². The van der Waals surface area contributed by atoms with Crippen molar-refractivity contribution in [1.82, 2.24) is 0 Å². The first-order chi connectivity index (χ1) is 12.4. The summed E-state index contributed by atoms with van der Waals surface area (Å²) in [7, 11) is 1.54. The van der Waals surface area contributed by atoms with Gasteiger partial charge in [0.1, 0.15) is 5.75 Å². The van der Waals surface area contributed by atoms with Crippen LogP contribution >= 0.6 is 0 Å². The Balaban J connectivity index is 2.01. The van der Waals surface area contributed by atoms with E-state index in [4.69, 9.17) is 9.47 Å². The van der Waals surface area contributed by atoms with Crippen molar-refractivity contribution in [2.45, 2.75) is 19.8 Å². The molecule has 3 rings (SSSR count). The van der Waals surface area contributed by atoms with E-state index in [1.165, 1.54) is 13.2 Å². The number of benzene rings is 2. The van der Waals surface area contributed by atoms with Gasteiger partial charge in [0.15, 0.2) is 17.3 Å². The normalized spacial score (nSPS) is 15.4. The van der Waals surface area contributed by atoms with Gasteiger partial charge in [0, 0.05) is 11.1 Å². The maximum absolute atomic E-state index is 13.4. The fourth-order valence-electron chi connectivity index (χ4n) is 2.53. The number of methoxy groups -OCH3 is 1. The lowest BCUT2D eigenvalue weighted by Gasteiger charge is -2.10. The molecule has 0 atom stereocenters. The van der Waals surface area contributed by atoms with E-state index in [2.05, 4.69) is 18.8 Å². The molecule has 0 spiro atoms. The van der Waals surface area contributed by atoms with Gasteiger partial charge in [0.25, 0.3) is 0 Å². The molecule has 1 aliphatic heterocycles. The molecular weight excluding hydrogens is 340 g/mol. The molecule has 0 radical (unpaired) electrons.